The van der Waals surface area contributed by atoms with E-state index in [1.807, 2.05) is 11.8 Å². The van der Waals surface area contributed by atoms with Gasteiger partial charge in [-0.05, 0) is 25.5 Å². The molecular weight excluding hydrogens is 246 g/mol. The summed E-state index contributed by atoms with van der Waals surface area (Å²) in [6.07, 6.45) is 3.90. The van der Waals surface area contributed by atoms with Gasteiger partial charge in [-0.2, -0.15) is 16.7 Å². The lowest BCUT2D eigenvalue weighted by molar-refractivity contribution is 0.479. The fourth-order valence-electron chi connectivity index (χ4n) is 2.62. The van der Waals surface area contributed by atoms with Crippen molar-refractivity contribution in [2.75, 3.05) is 30.3 Å². The second-order valence-electron chi connectivity index (χ2n) is 5.18. The van der Waals surface area contributed by atoms with Gasteiger partial charge in [-0.3, -0.25) is 5.10 Å². The second-order valence-corrected chi connectivity index (χ2v) is 6.49. The maximum absolute atomic E-state index is 4.70. The van der Waals surface area contributed by atoms with Crippen LogP contribution in [0.4, 0.5) is 5.95 Å². The predicted octanol–water partition coefficient (Wildman–Crippen LogP) is 1.56. The van der Waals surface area contributed by atoms with Gasteiger partial charge >= 0.3 is 0 Å². The Hall–Kier alpha value is -0.750. The van der Waals surface area contributed by atoms with Crippen molar-refractivity contribution < 1.29 is 0 Å². The van der Waals surface area contributed by atoms with Crippen LogP contribution in [0.1, 0.15) is 37.3 Å². The van der Waals surface area contributed by atoms with Gasteiger partial charge in [0.25, 0.3) is 0 Å². The summed E-state index contributed by atoms with van der Waals surface area (Å²) < 4.78 is 0. The molecule has 1 aromatic rings. The molecule has 100 valence electrons. The van der Waals surface area contributed by atoms with Gasteiger partial charge in [-0.25, -0.2) is 0 Å². The Labute approximate surface area is 112 Å². The number of rotatable bonds is 2. The molecule has 3 rings (SSSR count). The first-order valence-electron chi connectivity index (χ1n) is 6.85. The molecule has 2 N–H and O–H groups in total. The normalized spacial score (nSPS) is 29.5. The number of piperazine rings is 1. The van der Waals surface area contributed by atoms with Crippen LogP contribution < -0.4 is 10.2 Å². The van der Waals surface area contributed by atoms with E-state index in [0.29, 0.717) is 11.3 Å². The monoisotopic (exact) mass is 267 g/mol. The lowest BCUT2D eigenvalue weighted by Gasteiger charge is -2.30. The standard InChI is InChI=1S/C12H21N5S/c1-9-8-17(6-5-13-9)12-14-11(15-16-12)10-4-2-3-7-18-10/h9-10,13H,2-8H2,1H3,(H,14,15,16)/t9-,10?/m1/s1. The minimum Gasteiger partial charge on any atom is -0.337 e. The van der Waals surface area contributed by atoms with Gasteiger partial charge in [-0.1, -0.05) is 6.42 Å². The molecule has 18 heavy (non-hydrogen) atoms. The van der Waals surface area contributed by atoms with E-state index in [-0.39, 0.29) is 0 Å². The van der Waals surface area contributed by atoms with E-state index in [0.717, 1.165) is 31.4 Å². The Kier molecular flexibility index (Phi) is 3.75. The first-order chi connectivity index (χ1) is 8.83. The summed E-state index contributed by atoms with van der Waals surface area (Å²) in [4.78, 5) is 6.98. The summed E-state index contributed by atoms with van der Waals surface area (Å²) in [6, 6.07) is 0.518. The van der Waals surface area contributed by atoms with Gasteiger partial charge < -0.3 is 10.2 Å². The topological polar surface area (TPSA) is 56.8 Å². The Morgan fingerprint density at radius 2 is 2.33 bits per heavy atom. The zero-order chi connectivity index (χ0) is 12.4. The number of aromatic amines is 1. The number of nitrogens with zero attached hydrogens (tertiary/aromatic N) is 3. The zero-order valence-corrected chi connectivity index (χ0v) is 11.7. The number of nitrogens with one attached hydrogen (secondary N) is 2. The molecule has 0 amide bonds. The minimum absolute atomic E-state index is 0.518. The molecule has 2 aliphatic heterocycles. The number of anilines is 1. The molecule has 0 spiro atoms. The van der Waals surface area contributed by atoms with Crippen LogP contribution >= 0.6 is 11.8 Å². The third-order valence-electron chi connectivity index (χ3n) is 3.63. The van der Waals surface area contributed by atoms with Crippen LogP contribution in [0, 0.1) is 0 Å². The maximum Gasteiger partial charge on any atom is 0.244 e. The van der Waals surface area contributed by atoms with Crippen molar-refractivity contribution in [2.45, 2.75) is 37.5 Å². The molecule has 0 bridgehead atoms. The smallest absolute Gasteiger partial charge is 0.244 e. The van der Waals surface area contributed by atoms with E-state index >= 15 is 0 Å². The van der Waals surface area contributed by atoms with Gasteiger partial charge in [-0.15, -0.1) is 5.10 Å². The Bertz CT molecular complexity index is 388. The lowest BCUT2D eigenvalue weighted by Crippen LogP contribution is -2.49. The van der Waals surface area contributed by atoms with Crippen LogP contribution in [0.15, 0.2) is 0 Å². The quantitative estimate of drug-likeness (QED) is 0.851. The summed E-state index contributed by atoms with van der Waals surface area (Å²) >= 11 is 2.01. The number of thioether (sulfide) groups is 1. The molecular formula is C12H21N5S. The SMILES string of the molecule is C[C@@H]1CN(c2n[nH]c(C3CCCCS3)n2)CCN1. The average Bonchev–Trinajstić information content (AvgIpc) is 2.89. The van der Waals surface area contributed by atoms with E-state index < -0.39 is 0 Å². The molecule has 5 nitrogen and oxygen atoms in total. The fourth-order valence-corrected chi connectivity index (χ4v) is 3.87. The van der Waals surface area contributed by atoms with Gasteiger partial charge in [0.2, 0.25) is 5.95 Å². The summed E-state index contributed by atoms with van der Waals surface area (Å²) in [7, 11) is 0. The summed E-state index contributed by atoms with van der Waals surface area (Å²) in [6.45, 7) is 5.22. The summed E-state index contributed by atoms with van der Waals surface area (Å²) in [5, 5.41) is 11.5. The second kappa shape index (κ2) is 5.48. The third-order valence-corrected chi connectivity index (χ3v) is 5.01. The molecule has 2 saturated heterocycles. The third kappa shape index (κ3) is 2.64. The summed E-state index contributed by atoms with van der Waals surface area (Å²) in [5.74, 6) is 3.20. The van der Waals surface area contributed by atoms with E-state index in [1.165, 1.54) is 25.0 Å². The van der Waals surface area contributed by atoms with Crippen molar-refractivity contribution in [1.29, 1.82) is 0 Å². The highest BCUT2D eigenvalue weighted by Crippen LogP contribution is 2.36. The molecule has 3 heterocycles. The molecule has 1 aromatic heterocycles. The number of H-pyrrole nitrogens is 1. The molecule has 2 atom stereocenters. The first-order valence-corrected chi connectivity index (χ1v) is 7.90. The van der Waals surface area contributed by atoms with E-state index in [2.05, 4.69) is 27.3 Å². The Morgan fingerprint density at radius 3 is 3.11 bits per heavy atom. The number of aromatic nitrogens is 3. The van der Waals surface area contributed by atoms with Gasteiger partial charge in [0.1, 0.15) is 5.82 Å². The fraction of sp³-hybridized carbons (Fsp3) is 0.833. The molecule has 1 unspecified atom stereocenters. The van der Waals surface area contributed by atoms with Crippen LogP contribution in [0.5, 0.6) is 0 Å². The van der Waals surface area contributed by atoms with Crippen molar-refractivity contribution in [3.8, 4) is 0 Å². The molecule has 0 radical (unpaired) electrons. The van der Waals surface area contributed by atoms with E-state index in [1.54, 1.807) is 0 Å². The van der Waals surface area contributed by atoms with Crippen molar-refractivity contribution in [3.05, 3.63) is 5.82 Å². The van der Waals surface area contributed by atoms with Gasteiger partial charge in [0.05, 0.1) is 5.25 Å². The van der Waals surface area contributed by atoms with Crippen LogP contribution in [0.3, 0.4) is 0 Å². The van der Waals surface area contributed by atoms with Crippen molar-refractivity contribution in [2.24, 2.45) is 0 Å². The Morgan fingerprint density at radius 1 is 1.39 bits per heavy atom. The van der Waals surface area contributed by atoms with Crippen molar-refractivity contribution in [1.82, 2.24) is 20.5 Å². The molecule has 2 aliphatic rings. The van der Waals surface area contributed by atoms with Crippen LogP contribution in [-0.4, -0.2) is 46.6 Å². The average molecular weight is 267 g/mol. The number of hydrogen-bond donors (Lipinski definition) is 2. The molecule has 0 saturated carbocycles. The van der Waals surface area contributed by atoms with Crippen molar-refractivity contribution >= 4 is 17.7 Å². The van der Waals surface area contributed by atoms with Crippen LogP contribution in [0.2, 0.25) is 0 Å². The largest absolute Gasteiger partial charge is 0.337 e. The maximum atomic E-state index is 4.70. The minimum atomic E-state index is 0.518. The van der Waals surface area contributed by atoms with E-state index in [9.17, 15) is 0 Å². The highest BCUT2D eigenvalue weighted by Gasteiger charge is 2.23. The highest BCUT2D eigenvalue weighted by atomic mass is 32.2. The molecule has 0 aliphatic carbocycles. The molecule has 0 aromatic carbocycles. The summed E-state index contributed by atoms with van der Waals surface area (Å²) in [5.41, 5.74) is 0. The molecule has 6 heteroatoms. The first kappa shape index (κ1) is 12.3. The predicted molar refractivity (Wildman–Crippen MR) is 75.1 cm³/mol. The highest BCUT2D eigenvalue weighted by molar-refractivity contribution is 7.99. The van der Waals surface area contributed by atoms with Gasteiger partial charge in [0, 0.05) is 25.7 Å². The zero-order valence-electron chi connectivity index (χ0n) is 10.9. The van der Waals surface area contributed by atoms with E-state index in [4.69, 9.17) is 4.98 Å². The van der Waals surface area contributed by atoms with Crippen LogP contribution in [0.25, 0.3) is 0 Å². The van der Waals surface area contributed by atoms with Gasteiger partial charge in [0.15, 0.2) is 0 Å². The Balaban J connectivity index is 1.68. The number of hydrogen-bond acceptors (Lipinski definition) is 5. The van der Waals surface area contributed by atoms with Crippen LogP contribution in [-0.2, 0) is 0 Å². The lowest BCUT2D eigenvalue weighted by atomic mass is 10.2. The van der Waals surface area contributed by atoms with Crippen molar-refractivity contribution in [3.63, 3.8) is 0 Å². The molecule has 2 fully saturated rings.